The number of hydrogen-bond donors (Lipinski definition) is 4. The lowest BCUT2D eigenvalue weighted by atomic mass is 10.1. The first-order chi connectivity index (χ1) is 23.1. The molecule has 48 heavy (non-hydrogen) atoms. The molecular weight excluding hydrogens is 720 g/mol. The molecule has 9 heterocycles. The van der Waals surface area contributed by atoms with Gasteiger partial charge in [-0.3, -0.25) is 22.7 Å². The number of hydrogen-bond acceptors (Lipinski definition) is 16. The fourth-order valence-electron chi connectivity index (χ4n) is 5.87. The highest BCUT2D eigenvalue weighted by molar-refractivity contribution is 8.44. The van der Waals surface area contributed by atoms with Crippen LogP contribution in [0.4, 0.5) is 20.4 Å². The van der Waals surface area contributed by atoms with Crippen molar-refractivity contribution < 1.29 is 45.8 Å². The Kier molecular flexibility index (Phi) is 8.48. The third-order valence-corrected chi connectivity index (χ3v) is 11.2. The van der Waals surface area contributed by atoms with Gasteiger partial charge in [-0.15, -0.1) is 0 Å². The topological polar surface area (TPSA) is 204 Å². The Bertz CT molecular complexity index is 1860. The van der Waals surface area contributed by atoms with Crippen LogP contribution in [-0.2, 0) is 43.9 Å². The van der Waals surface area contributed by atoms with Crippen molar-refractivity contribution in [3.8, 4) is 0 Å². The van der Waals surface area contributed by atoms with Crippen LogP contribution in [-0.4, -0.2) is 107 Å². The molecule has 3 saturated heterocycles. The highest BCUT2D eigenvalue weighted by Crippen LogP contribution is 2.58. The molecule has 24 heteroatoms. The molecule has 5 aliphatic heterocycles. The number of halogens is 2. The number of alkyl halides is 2. The van der Waals surface area contributed by atoms with E-state index in [1.165, 1.54) is 34.4 Å². The number of imidazole rings is 2. The highest BCUT2D eigenvalue weighted by atomic mass is 32.7. The average Bonchev–Trinajstić information content (AvgIpc) is 3.81. The normalized spacial score (nSPS) is 38.0. The molecule has 4 aromatic heterocycles. The van der Waals surface area contributed by atoms with Gasteiger partial charge in [0.2, 0.25) is 0 Å². The van der Waals surface area contributed by atoms with Gasteiger partial charge in [-0.25, -0.2) is 43.2 Å². The molecule has 0 spiro atoms. The minimum Gasteiger partial charge on any atom is -0.365 e. The van der Waals surface area contributed by atoms with Crippen LogP contribution >= 0.6 is 25.8 Å². The summed E-state index contributed by atoms with van der Waals surface area (Å²) < 4.78 is 82.8. The second kappa shape index (κ2) is 12.5. The summed E-state index contributed by atoms with van der Waals surface area (Å²) in [6.45, 7) is -9.13. The van der Waals surface area contributed by atoms with E-state index in [1.54, 1.807) is 0 Å². The van der Waals surface area contributed by atoms with Crippen LogP contribution in [0, 0.1) is 0 Å². The Morgan fingerprint density at radius 2 is 1.31 bits per heavy atom. The lowest BCUT2D eigenvalue weighted by molar-refractivity contribution is -0.0564. The molecule has 4 aromatic rings. The Labute approximate surface area is 279 Å². The highest BCUT2D eigenvalue weighted by Gasteiger charge is 2.54. The minimum absolute atomic E-state index is 0.222. The van der Waals surface area contributed by atoms with Crippen molar-refractivity contribution in [1.29, 1.82) is 0 Å². The second-order valence-corrected chi connectivity index (χ2v) is 16.7. The predicted octanol–water partition coefficient (Wildman–Crippen LogP) is 2.60. The van der Waals surface area contributed by atoms with E-state index < -0.39 is 75.9 Å². The zero-order valence-electron chi connectivity index (χ0n) is 24.3. The number of thiol groups is 1. The van der Waals surface area contributed by atoms with E-state index in [1.807, 2.05) is 12.2 Å². The van der Waals surface area contributed by atoms with Crippen molar-refractivity contribution >= 4 is 71.5 Å². The van der Waals surface area contributed by atoms with E-state index in [0.29, 0.717) is 35.8 Å². The number of fused-ring (bicyclic) bond motifs is 10. The van der Waals surface area contributed by atoms with Gasteiger partial charge < -0.3 is 29.5 Å². The van der Waals surface area contributed by atoms with Gasteiger partial charge in [0.05, 0.1) is 25.9 Å². The number of nitrogens with one attached hydrogen (secondary N) is 2. The van der Waals surface area contributed by atoms with Crippen molar-refractivity contribution in [1.82, 2.24) is 39.0 Å². The minimum atomic E-state index is -4.38. The number of rotatable bonds is 0. The van der Waals surface area contributed by atoms with Crippen molar-refractivity contribution in [3.05, 3.63) is 37.5 Å². The standard InChI is InChI=1S/C24H26F2N10O8P2S2/c25-13-17-11-5-39-46(38,48)44-18-12(6-40-45(37,47)43-17)42-24(14(18)26)36-10-34-16-20(30-8-32-22(16)36)28-4-2-1-3-27-19-15-21(31-7-29-19)35(9-33-15)23(13)41-11/h1-2,7-14,17-18,23-24H,3-6H2,(H,37,47)(H,38,48)(H,27,29,31)(H,28,30,32)/b2-1+/t11-,12-,13-,14-,17-,18-,23-,24?,45?,46?/m1/s1. The van der Waals surface area contributed by atoms with Gasteiger partial charge in [-0.1, -0.05) is 24.4 Å². The van der Waals surface area contributed by atoms with Crippen molar-refractivity contribution in [2.75, 3.05) is 36.9 Å². The monoisotopic (exact) mass is 746 g/mol. The van der Waals surface area contributed by atoms with Gasteiger partial charge in [0, 0.05) is 13.1 Å². The van der Waals surface area contributed by atoms with Gasteiger partial charge in [-0.05, 0) is 11.8 Å². The summed E-state index contributed by atoms with van der Waals surface area (Å²) in [5.41, 5.74) is 1.09. The summed E-state index contributed by atoms with van der Waals surface area (Å²) >= 11 is 9.28. The maximum absolute atomic E-state index is 16.2. The van der Waals surface area contributed by atoms with E-state index in [4.69, 9.17) is 39.4 Å². The molecule has 0 aromatic carbocycles. The number of aromatic nitrogens is 8. The first-order valence-corrected chi connectivity index (χ1v) is 19.8. The molecule has 0 aliphatic carbocycles. The molecule has 0 saturated carbocycles. The van der Waals surface area contributed by atoms with E-state index in [9.17, 15) is 9.46 Å². The summed E-state index contributed by atoms with van der Waals surface area (Å²) in [4.78, 5) is 36.8. The first kappa shape index (κ1) is 32.5. The van der Waals surface area contributed by atoms with Gasteiger partial charge in [-0.2, -0.15) is 0 Å². The second-order valence-electron chi connectivity index (χ2n) is 11.0. The van der Waals surface area contributed by atoms with Gasteiger partial charge >= 0.3 is 13.5 Å². The maximum atomic E-state index is 16.2. The average molecular weight is 747 g/mol. The summed E-state index contributed by atoms with van der Waals surface area (Å²) in [5.74, 6) is 0.753. The molecule has 3 fully saturated rings. The SMILES string of the molecule is O=P1(S)OC[C@H]2OC3[C@H](F)[C@@H]2OP(O)(=S)OC[C@H]2O[C@H]([C@H](F)[C@@H]2O1)n1cnc2c(ncnc21)NC/C=C/CNc1ncnc2c1ncn23. The lowest BCUT2D eigenvalue weighted by Crippen LogP contribution is -2.37. The first-order valence-electron chi connectivity index (χ1n) is 14.5. The number of ether oxygens (including phenoxy) is 2. The summed E-state index contributed by atoms with van der Waals surface area (Å²) in [6.07, 6.45) is -3.72. The molecule has 18 nitrogen and oxygen atoms in total. The number of nitrogens with zero attached hydrogens (tertiary/aromatic N) is 8. The van der Waals surface area contributed by atoms with Crippen LogP contribution in [0.5, 0.6) is 0 Å². The van der Waals surface area contributed by atoms with Crippen molar-refractivity contribution in [2.45, 2.75) is 49.2 Å². The molecule has 10 atom stereocenters. The van der Waals surface area contributed by atoms with E-state index in [-0.39, 0.29) is 11.3 Å². The van der Waals surface area contributed by atoms with Crippen LogP contribution in [0.2, 0.25) is 0 Å². The molecule has 256 valence electrons. The van der Waals surface area contributed by atoms with Crippen LogP contribution < -0.4 is 10.6 Å². The predicted molar refractivity (Wildman–Crippen MR) is 169 cm³/mol. The largest absolute Gasteiger partial charge is 0.386 e. The van der Waals surface area contributed by atoms with Crippen LogP contribution in [0.25, 0.3) is 22.3 Å². The van der Waals surface area contributed by atoms with Crippen molar-refractivity contribution in [2.24, 2.45) is 0 Å². The van der Waals surface area contributed by atoms with E-state index in [2.05, 4.69) is 52.8 Å². The fourth-order valence-corrected chi connectivity index (χ4v) is 8.79. The fraction of sp³-hybridized carbons (Fsp3) is 0.500. The van der Waals surface area contributed by atoms with Crippen LogP contribution in [0.3, 0.4) is 0 Å². The molecule has 14 bridgehead atoms. The Hall–Kier alpha value is -2.75. The van der Waals surface area contributed by atoms with Gasteiger partial charge in [0.1, 0.15) is 37.1 Å². The van der Waals surface area contributed by atoms with Crippen LogP contribution in [0.15, 0.2) is 37.5 Å². The van der Waals surface area contributed by atoms with Gasteiger partial charge in [0.25, 0.3) is 0 Å². The molecular formula is C24H26F2N10O8P2S2. The third-order valence-electron chi connectivity index (χ3n) is 8.05. The smallest absolute Gasteiger partial charge is 0.365 e. The van der Waals surface area contributed by atoms with E-state index in [0.717, 1.165) is 0 Å². The molecule has 3 N–H and O–H groups in total. The lowest BCUT2D eigenvalue weighted by Gasteiger charge is -2.29. The molecule has 5 aliphatic rings. The molecule has 3 unspecified atom stereocenters. The van der Waals surface area contributed by atoms with E-state index >= 15 is 8.78 Å². The zero-order chi connectivity index (χ0) is 33.2. The Morgan fingerprint density at radius 1 is 0.812 bits per heavy atom. The van der Waals surface area contributed by atoms with Gasteiger partial charge in [0.15, 0.2) is 58.8 Å². The van der Waals surface area contributed by atoms with Crippen LogP contribution in [0.1, 0.15) is 12.5 Å². The summed E-state index contributed by atoms with van der Waals surface area (Å²) in [5, 5.41) is 6.30. The third kappa shape index (κ3) is 5.91. The molecule has 9 rings (SSSR count). The Morgan fingerprint density at radius 3 is 1.85 bits per heavy atom. The van der Waals surface area contributed by atoms with Crippen molar-refractivity contribution in [3.63, 3.8) is 0 Å². The zero-order valence-corrected chi connectivity index (χ0v) is 27.8. The quantitative estimate of drug-likeness (QED) is 0.116. The molecule has 0 amide bonds. The molecule has 0 radical (unpaired) electrons. The Balaban J connectivity index is 1.21. The number of anilines is 2. The maximum Gasteiger partial charge on any atom is 0.386 e. The summed E-state index contributed by atoms with van der Waals surface area (Å²) in [6, 6.07) is 0. The summed E-state index contributed by atoms with van der Waals surface area (Å²) in [7, 11) is 0.